The van der Waals surface area contributed by atoms with Crippen molar-refractivity contribution in [1.29, 1.82) is 0 Å². The van der Waals surface area contributed by atoms with E-state index in [0.717, 1.165) is 12.1 Å². The van der Waals surface area contributed by atoms with E-state index in [1.165, 1.54) is 12.1 Å². The molecule has 114 valence electrons. The molecule has 1 amide bonds. The first-order chi connectivity index (χ1) is 9.60. The molecule has 0 saturated carbocycles. The van der Waals surface area contributed by atoms with E-state index in [1.807, 2.05) is 0 Å². The minimum Gasteiger partial charge on any atom is -0.441 e. The molecular weight excluding hydrogens is 304 g/mol. The third kappa shape index (κ3) is 5.27. The standard InChI is InChI=1S/C12H13ClN2O6/c1-12(2,3)20-11(17)14(13)21-10(16)8-4-6-9(7-5-8)15(18)19/h4-7H,1-3H3. The predicted octanol–water partition coefficient (Wildman–Crippen LogP) is 3.06. The fourth-order valence-corrected chi connectivity index (χ4v) is 1.28. The highest BCUT2D eigenvalue weighted by Crippen LogP contribution is 2.15. The quantitative estimate of drug-likeness (QED) is 0.472. The smallest absolute Gasteiger partial charge is 0.441 e. The molecular formula is C12H13ClN2O6. The van der Waals surface area contributed by atoms with E-state index in [9.17, 15) is 19.7 Å². The van der Waals surface area contributed by atoms with Gasteiger partial charge in [0.1, 0.15) is 5.60 Å². The van der Waals surface area contributed by atoms with Crippen LogP contribution in [0.2, 0.25) is 0 Å². The van der Waals surface area contributed by atoms with E-state index >= 15 is 0 Å². The maximum Gasteiger partial charge on any atom is 0.459 e. The lowest BCUT2D eigenvalue weighted by molar-refractivity contribution is -0.384. The summed E-state index contributed by atoms with van der Waals surface area (Å²) >= 11 is 5.47. The van der Waals surface area contributed by atoms with Gasteiger partial charge >= 0.3 is 12.1 Å². The van der Waals surface area contributed by atoms with Crippen molar-refractivity contribution in [3.63, 3.8) is 0 Å². The van der Waals surface area contributed by atoms with Gasteiger partial charge in [-0.2, -0.15) is 0 Å². The molecule has 0 N–H and O–H groups in total. The van der Waals surface area contributed by atoms with Crippen molar-refractivity contribution in [3.8, 4) is 0 Å². The summed E-state index contributed by atoms with van der Waals surface area (Å²) in [5.74, 6) is -0.953. The summed E-state index contributed by atoms with van der Waals surface area (Å²) in [7, 11) is 0. The number of nitro benzene ring substituents is 1. The Morgan fingerprint density at radius 3 is 2.19 bits per heavy atom. The van der Waals surface area contributed by atoms with Gasteiger partial charge in [-0.05, 0) is 37.5 Å². The molecule has 0 aliphatic heterocycles. The zero-order valence-electron chi connectivity index (χ0n) is 11.5. The topological polar surface area (TPSA) is 99.0 Å². The molecule has 0 saturated heterocycles. The van der Waals surface area contributed by atoms with Crippen molar-refractivity contribution >= 4 is 29.5 Å². The maximum absolute atomic E-state index is 11.7. The van der Waals surface area contributed by atoms with Crippen LogP contribution in [0.1, 0.15) is 31.1 Å². The van der Waals surface area contributed by atoms with Crippen molar-refractivity contribution < 1.29 is 24.1 Å². The van der Waals surface area contributed by atoms with Gasteiger partial charge in [0, 0.05) is 12.1 Å². The number of hydrogen-bond acceptors (Lipinski definition) is 6. The first-order valence-electron chi connectivity index (χ1n) is 5.76. The Labute approximate surface area is 125 Å². The number of ether oxygens (including phenoxy) is 1. The highest BCUT2D eigenvalue weighted by atomic mass is 35.5. The second kappa shape index (κ2) is 6.40. The normalized spacial score (nSPS) is 10.7. The Hall–Kier alpha value is -2.35. The Morgan fingerprint density at radius 1 is 1.24 bits per heavy atom. The third-order valence-corrected chi connectivity index (χ3v) is 2.22. The van der Waals surface area contributed by atoms with Gasteiger partial charge in [0.05, 0.1) is 22.3 Å². The number of halogens is 1. The third-order valence-electron chi connectivity index (χ3n) is 2.01. The van der Waals surface area contributed by atoms with Crippen LogP contribution in [0.3, 0.4) is 0 Å². The molecule has 1 rings (SSSR count). The van der Waals surface area contributed by atoms with E-state index in [2.05, 4.69) is 4.84 Å². The summed E-state index contributed by atoms with van der Waals surface area (Å²) in [6.45, 7) is 4.86. The summed E-state index contributed by atoms with van der Waals surface area (Å²) in [6.07, 6.45) is -1.06. The van der Waals surface area contributed by atoms with Crippen LogP contribution in [0.5, 0.6) is 0 Å². The first kappa shape index (κ1) is 16.7. The summed E-state index contributed by atoms with van der Waals surface area (Å²) < 4.78 is 5.01. The number of nitrogens with zero attached hydrogens (tertiary/aromatic N) is 2. The fourth-order valence-electron chi connectivity index (χ4n) is 1.18. The number of carbonyl (C=O) groups is 2. The summed E-state index contributed by atoms with van der Waals surface area (Å²) in [6, 6.07) is 4.62. The molecule has 1 aromatic rings. The Bertz CT molecular complexity index is 552. The molecule has 0 unspecified atom stereocenters. The number of benzene rings is 1. The van der Waals surface area contributed by atoms with Crippen LogP contribution < -0.4 is 0 Å². The van der Waals surface area contributed by atoms with Gasteiger partial charge in [-0.3, -0.25) is 10.1 Å². The average molecular weight is 317 g/mol. The number of carbonyl (C=O) groups excluding carboxylic acids is 2. The molecule has 0 aromatic heterocycles. The second-order valence-corrected chi connectivity index (χ2v) is 5.21. The molecule has 0 fully saturated rings. The molecule has 0 aliphatic carbocycles. The van der Waals surface area contributed by atoms with E-state index in [-0.39, 0.29) is 15.8 Å². The maximum atomic E-state index is 11.7. The number of nitro groups is 1. The monoisotopic (exact) mass is 316 g/mol. The lowest BCUT2D eigenvalue weighted by Crippen LogP contribution is -2.32. The average Bonchev–Trinajstić information content (AvgIpc) is 2.36. The van der Waals surface area contributed by atoms with Crippen molar-refractivity contribution in [3.05, 3.63) is 39.9 Å². The highest BCUT2D eigenvalue weighted by Gasteiger charge is 2.25. The van der Waals surface area contributed by atoms with Gasteiger partial charge in [0.25, 0.3) is 5.69 Å². The Kier molecular flexibility index (Phi) is 5.09. The van der Waals surface area contributed by atoms with E-state index in [0.29, 0.717) is 0 Å². The fraction of sp³-hybridized carbons (Fsp3) is 0.333. The molecule has 9 heteroatoms. The Morgan fingerprint density at radius 2 is 1.76 bits per heavy atom. The minimum absolute atomic E-state index is 0.00481. The highest BCUT2D eigenvalue weighted by molar-refractivity contribution is 6.19. The Balaban J connectivity index is 2.68. The van der Waals surface area contributed by atoms with Gasteiger partial charge in [0.15, 0.2) is 0 Å². The van der Waals surface area contributed by atoms with Crippen LogP contribution in [-0.4, -0.2) is 27.2 Å². The van der Waals surface area contributed by atoms with Gasteiger partial charge < -0.3 is 9.57 Å². The first-order valence-corrected chi connectivity index (χ1v) is 6.09. The van der Waals surface area contributed by atoms with E-state index in [4.69, 9.17) is 16.5 Å². The predicted molar refractivity (Wildman–Crippen MR) is 72.4 cm³/mol. The second-order valence-electron chi connectivity index (χ2n) is 4.91. The molecule has 0 aliphatic rings. The van der Waals surface area contributed by atoms with Crippen molar-refractivity contribution in [2.24, 2.45) is 0 Å². The molecule has 0 bridgehead atoms. The van der Waals surface area contributed by atoms with Crippen LogP contribution in [0, 0.1) is 10.1 Å². The van der Waals surface area contributed by atoms with Gasteiger partial charge in [-0.25, -0.2) is 9.59 Å². The summed E-state index contributed by atoms with van der Waals surface area (Å²) in [4.78, 5) is 37.6. The number of non-ortho nitro benzene ring substituents is 1. The van der Waals surface area contributed by atoms with Crippen LogP contribution in [0.25, 0.3) is 0 Å². The van der Waals surface area contributed by atoms with Crippen LogP contribution in [-0.2, 0) is 9.57 Å². The van der Waals surface area contributed by atoms with Gasteiger partial charge in [-0.15, -0.1) is 0 Å². The zero-order chi connectivity index (χ0) is 16.2. The molecule has 8 nitrogen and oxygen atoms in total. The molecule has 0 heterocycles. The van der Waals surface area contributed by atoms with Crippen molar-refractivity contribution in [2.75, 3.05) is 0 Å². The molecule has 1 aromatic carbocycles. The number of amides is 1. The lowest BCUT2D eigenvalue weighted by Gasteiger charge is -2.21. The van der Waals surface area contributed by atoms with E-state index in [1.54, 1.807) is 20.8 Å². The van der Waals surface area contributed by atoms with Gasteiger partial charge in [0.2, 0.25) is 0 Å². The largest absolute Gasteiger partial charge is 0.459 e. The summed E-state index contributed by atoms with van der Waals surface area (Å²) in [5, 5.41) is 10.5. The SMILES string of the molecule is CC(C)(C)OC(=O)N(Cl)OC(=O)c1ccc([N+](=O)[O-])cc1. The van der Waals surface area contributed by atoms with Crippen LogP contribution in [0.15, 0.2) is 24.3 Å². The van der Waals surface area contributed by atoms with Gasteiger partial charge in [-0.1, -0.05) is 0 Å². The minimum atomic E-state index is -1.06. The zero-order valence-corrected chi connectivity index (χ0v) is 12.3. The van der Waals surface area contributed by atoms with Crippen molar-refractivity contribution in [2.45, 2.75) is 26.4 Å². The van der Waals surface area contributed by atoms with Crippen LogP contribution >= 0.6 is 11.8 Å². The van der Waals surface area contributed by atoms with Crippen molar-refractivity contribution in [1.82, 2.24) is 4.58 Å². The number of hydrogen-bond donors (Lipinski definition) is 0. The molecule has 0 atom stereocenters. The number of rotatable bonds is 2. The molecule has 0 radical (unpaired) electrons. The lowest BCUT2D eigenvalue weighted by atomic mass is 10.2. The number of hydroxylamine groups is 1. The molecule has 0 spiro atoms. The molecule has 21 heavy (non-hydrogen) atoms. The summed E-state index contributed by atoms with van der Waals surface area (Å²) in [5.41, 5.74) is -0.986. The van der Waals surface area contributed by atoms with E-state index < -0.39 is 22.6 Å². The van der Waals surface area contributed by atoms with Crippen LogP contribution in [0.4, 0.5) is 10.5 Å².